The fourth-order valence-corrected chi connectivity index (χ4v) is 3.52. The van der Waals surface area contributed by atoms with Crippen LogP contribution in [0, 0.1) is 0 Å². The number of thiazole rings is 1. The predicted molar refractivity (Wildman–Crippen MR) is 91.9 cm³/mol. The molecule has 3 rings (SSSR count). The second-order valence-corrected chi connectivity index (χ2v) is 7.16. The number of nitrogens with zero attached hydrogens (tertiary/aromatic N) is 1. The molecule has 0 atom stereocenters. The third-order valence-electron chi connectivity index (χ3n) is 2.81. The largest absolute Gasteiger partial charge is 0.302 e. The zero-order valence-corrected chi connectivity index (χ0v) is 14.1. The summed E-state index contributed by atoms with van der Waals surface area (Å²) in [5.74, 6) is -0.0332. The number of hydrogen-bond donors (Lipinski definition) is 1. The molecule has 0 bridgehead atoms. The lowest BCUT2D eigenvalue weighted by atomic mass is 10.2. The lowest BCUT2D eigenvalue weighted by Crippen LogP contribution is -2.13. The van der Waals surface area contributed by atoms with Crippen LogP contribution in [0.1, 0.15) is 4.88 Å². The van der Waals surface area contributed by atoms with E-state index >= 15 is 0 Å². The van der Waals surface area contributed by atoms with E-state index in [0.29, 0.717) is 11.6 Å². The molecule has 106 valence electrons. The van der Waals surface area contributed by atoms with Gasteiger partial charge in [-0.25, -0.2) is 4.98 Å². The molecule has 0 unspecified atom stereocenters. The van der Waals surface area contributed by atoms with Crippen molar-refractivity contribution in [2.45, 2.75) is 6.42 Å². The van der Waals surface area contributed by atoms with Crippen LogP contribution in [0.2, 0.25) is 0 Å². The van der Waals surface area contributed by atoms with E-state index in [1.54, 1.807) is 11.3 Å². The third kappa shape index (κ3) is 3.78. The molecular weight excluding hydrogens is 368 g/mol. The van der Waals surface area contributed by atoms with Crippen LogP contribution in [-0.2, 0) is 11.2 Å². The van der Waals surface area contributed by atoms with Gasteiger partial charge in [0.1, 0.15) is 0 Å². The summed E-state index contributed by atoms with van der Waals surface area (Å²) in [6.45, 7) is 0. The minimum atomic E-state index is -0.0332. The van der Waals surface area contributed by atoms with Gasteiger partial charge in [0.05, 0.1) is 12.1 Å². The molecule has 1 aromatic carbocycles. The molecule has 0 fully saturated rings. The van der Waals surface area contributed by atoms with Gasteiger partial charge in [-0.1, -0.05) is 34.1 Å². The first-order chi connectivity index (χ1) is 10.2. The van der Waals surface area contributed by atoms with E-state index in [4.69, 9.17) is 0 Å². The van der Waals surface area contributed by atoms with E-state index in [-0.39, 0.29) is 5.91 Å². The van der Waals surface area contributed by atoms with Crippen molar-refractivity contribution in [2.75, 3.05) is 5.32 Å². The van der Waals surface area contributed by atoms with Crippen LogP contribution in [0.25, 0.3) is 11.3 Å². The minimum Gasteiger partial charge on any atom is -0.302 e. The average Bonchev–Trinajstić information content (AvgIpc) is 3.11. The maximum Gasteiger partial charge on any atom is 0.231 e. The molecule has 0 aliphatic carbocycles. The molecule has 0 aliphatic rings. The Hall–Kier alpha value is -1.50. The molecule has 1 amide bonds. The van der Waals surface area contributed by atoms with Gasteiger partial charge < -0.3 is 5.32 Å². The van der Waals surface area contributed by atoms with Crippen LogP contribution >= 0.6 is 38.6 Å². The second-order valence-electron chi connectivity index (χ2n) is 4.35. The first-order valence-electron chi connectivity index (χ1n) is 6.24. The molecule has 3 aromatic rings. The summed E-state index contributed by atoms with van der Waals surface area (Å²) in [5, 5.41) is 7.40. The minimum absolute atomic E-state index is 0.0332. The molecule has 2 aromatic heterocycles. The Morgan fingerprint density at radius 2 is 2.00 bits per heavy atom. The van der Waals surface area contributed by atoms with Gasteiger partial charge in [-0.2, -0.15) is 0 Å². The molecule has 21 heavy (non-hydrogen) atoms. The van der Waals surface area contributed by atoms with Gasteiger partial charge in [0.15, 0.2) is 5.13 Å². The zero-order valence-electron chi connectivity index (χ0n) is 10.9. The quantitative estimate of drug-likeness (QED) is 0.707. The first kappa shape index (κ1) is 14.4. The van der Waals surface area contributed by atoms with Crippen molar-refractivity contribution in [3.8, 4) is 11.3 Å². The van der Waals surface area contributed by atoms with Crippen molar-refractivity contribution < 1.29 is 4.79 Å². The molecule has 0 radical (unpaired) electrons. The average molecular weight is 379 g/mol. The third-order valence-corrected chi connectivity index (χ3v) is 4.97. The molecule has 0 saturated heterocycles. The Bertz CT molecular complexity index is 735. The van der Waals surface area contributed by atoms with Crippen LogP contribution in [-0.4, -0.2) is 10.9 Å². The number of carbonyl (C=O) groups is 1. The number of hydrogen-bond acceptors (Lipinski definition) is 4. The van der Waals surface area contributed by atoms with Crippen molar-refractivity contribution in [3.63, 3.8) is 0 Å². The highest BCUT2D eigenvalue weighted by atomic mass is 79.9. The van der Waals surface area contributed by atoms with Crippen LogP contribution in [0.3, 0.4) is 0 Å². The summed E-state index contributed by atoms with van der Waals surface area (Å²) in [7, 11) is 0. The van der Waals surface area contributed by atoms with Gasteiger partial charge in [0.25, 0.3) is 0 Å². The number of anilines is 1. The van der Waals surface area contributed by atoms with E-state index in [2.05, 4.69) is 26.2 Å². The Labute approximate surface area is 138 Å². The molecule has 0 spiro atoms. The highest BCUT2D eigenvalue weighted by molar-refractivity contribution is 9.10. The van der Waals surface area contributed by atoms with Gasteiger partial charge in [-0.15, -0.1) is 22.7 Å². The lowest BCUT2D eigenvalue weighted by molar-refractivity contribution is -0.115. The van der Waals surface area contributed by atoms with Crippen molar-refractivity contribution in [2.24, 2.45) is 0 Å². The monoisotopic (exact) mass is 378 g/mol. The Balaban J connectivity index is 1.67. The topological polar surface area (TPSA) is 42.0 Å². The van der Waals surface area contributed by atoms with Gasteiger partial charge >= 0.3 is 0 Å². The standard InChI is InChI=1S/C15H11BrN2OS2/c16-11-5-3-10(4-6-11)13-9-21-15(17-13)18-14(19)8-12-2-1-7-20-12/h1-7,9H,8H2,(H,17,18,19). The number of carbonyl (C=O) groups excluding carboxylic acids is 1. The summed E-state index contributed by atoms with van der Waals surface area (Å²) < 4.78 is 1.03. The molecule has 0 aliphatic heterocycles. The summed E-state index contributed by atoms with van der Waals surface area (Å²) in [4.78, 5) is 17.4. The first-order valence-corrected chi connectivity index (χ1v) is 8.79. The number of nitrogens with one attached hydrogen (secondary N) is 1. The van der Waals surface area contributed by atoms with E-state index < -0.39 is 0 Å². The van der Waals surface area contributed by atoms with Crippen molar-refractivity contribution in [3.05, 3.63) is 56.5 Å². The number of halogens is 1. The normalized spacial score (nSPS) is 10.5. The van der Waals surface area contributed by atoms with Crippen molar-refractivity contribution >= 4 is 49.6 Å². The lowest BCUT2D eigenvalue weighted by Gasteiger charge is -2.00. The summed E-state index contributed by atoms with van der Waals surface area (Å²) >= 11 is 6.43. The van der Waals surface area contributed by atoms with E-state index in [1.807, 2.05) is 47.2 Å². The van der Waals surface area contributed by atoms with Crippen LogP contribution in [0.4, 0.5) is 5.13 Å². The molecule has 2 heterocycles. The second kappa shape index (κ2) is 6.51. The van der Waals surface area contributed by atoms with E-state index in [1.165, 1.54) is 11.3 Å². The van der Waals surface area contributed by atoms with Crippen LogP contribution < -0.4 is 5.32 Å². The molecule has 6 heteroatoms. The molecular formula is C15H11BrN2OS2. The number of aromatic nitrogens is 1. The van der Waals surface area contributed by atoms with Gasteiger partial charge in [0.2, 0.25) is 5.91 Å². The molecule has 0 saturated carbocycles. The number of rotatable bonds is 4. The maximum atomic E-state index is 11.9. The summed E-state index contributed by atoms with van der Waals surface area (Å²) in [5.41, 5.74) is 1.91. The summed E-state index contributed by atoms with van der Waals surface area (Å²) in [6, 6.07) is 11.8. The summed E-state index contributed by atoms with van der Waals surface area (Å²) in [6.07, 6.45) is 0.394. The van der Waals surface area contributed by atoms with Crippen LogP contribution in [0.15, 0.2) is 51.6 Å². The van der Waals surface area contributed by atoms with E-state index in [0.717, 1.165) is 20.6 Å². The Morgan fingerprint density at radius 3 is 2.71 bits per heavy atom. The Kier molecular flexibility index (Phi) is 4.48. The predicted octanol–water partition coefficient (Wildman–Crippen LogP) is 4.82. The SMILES string of the molecule is O=C(Cc1cccs1)Nc1nc(-c2ccc(Br)cc2)cs1. The fourth-order valence-electron chi connectivity index (χ4n) is 1.82. The maximum absolute atomic E-state index is 11.9. The highest BCUT2D eigenvalue weighted by Gasteiger charge is 2.09. The molecule has 1 N–H and O–H groups in total. The van der Waals surface area contributed by atoms with Crippen molar-refractivity contribution in [1.29, 1.82) is 0 Å². The number of thiophene rings is 1. The van der Waals surface area contributed by atoms with Gasteiger partial charge in [0, 0.05) is 20.3 Å². The van der Waals surface area contributed by atoms with Gasteiger partial charge in [-0.05, 0) is 23.6 Å². The van der Waals surface area contributed by atoms with Crippen molar-refractivity contribution in [1.82, 2.24) is 4.98 Å². The molecule has 3 nitrogen and oxygen atoms in total. The van der Waals surface area contributed by atoms with Crippen LogP contribution in [0.5, 0.6) is 0 Å². The smallest absolute Gasteiger partial charge is 0.231 e. The fraction of sp³-hybridized carbons (Fsp3) is 0.0667. The number of amides is 1. The number of benzene rings is 1. The highest BCUT2D eigenvalue weighted by Crippen LogP contribution is 2.26. The Morgan fingerprint density at radius 1 is 1.19 bits per heavy atom. The zero-order chi connectivity index (χ0) is 14.7. The van der Waals surface area contributed by atoms with Gasteiger partial charge in [-0.3, -0.25) is 4.79 Å². The van der Waals surface area contributed by atoms with E-state index in [9.17, 15) is 4.79 Å².